The van der Waals surface area contributed by atoms with E-state index in [4.69, 9.17) is 10.00 Å². The van der Waals surface area contributed by atoms with Gasteiger partial charge in [-0.3, -0.25) is 0 Å². The molecule has 0 radical (unpaired) electrons. The Labute approximate surface area is 104 Å². The van der Waals surface area contributed by atoms with Crippen molar-refractivity contribution in [3.63, 3.8) is 0 Å². The van der Waals surface area contributed by atoms with Crippen LogP contribution in [0.5, 0.6) is 0 Å². The van der Waals surface area contributed by atoms with Crippen LogP contribution in [-0.4, -0.2) is 11.6 Å². The van der Waals surface area contributed by atoms with Crippen molar-refractivity contribution >= 4 is 5.97 Å². The quantitative estimate of drug-likeness (QED) is 0.417. The molecular formula is C14H23NO2. The highest BCUT2D eigenvalue weighted by Crippen LogP contribution is 2.23. The Morgan fingerprint density at radius 1 is 1.35 bits per heavy atom. The van der Waals surface area contributed by atoms with E-state index in [9.17, 15) is 4.79 Å². The summed E-state index contributed by atoms with van der Waals surface area (Å²) < 4.78 is 5.24. The summed E-state index contributed by atoms with van der Waals surface area (Å²) in [6, 6.07) is 2.02. The minimum atomic E-state index is -1.18. The second-order valence-electron chi connectivity index (χ2n) is 5.36. The van der Waals surface area contributed by atoms with E-state index in [2.05, 4.69) is 6.92 Å². The zero-order valence-electron chi connectivity index (χ0n) is 11.5. The van der Waals surface area contributed by atoms with Gasteiger partial charge in [0.15, 0.2) is 5.41 Å². The van der Waals surface area contributed by atoms with Gasteiger partial charge in [0.25, 0.3) is 0 Å². The number of rotatable bonds is 5. The van der Waals surface area contributed by atoms with Gasteiger partial charge in [-0.05, 0) is 34.1 Å². The summed E-state index contributed by atoms with van der Waals surface area (Å²) in [5.41, 5.74) is -1.74. The molecular weight excluding hydrogens is 214 g/mol. The number of hydrogen-bond acceptors (Lipinski definition) is 3. The first kappa shape index (κ1) is 15.7. The maximum atomic E-state index is 11.9. The van der Waals surface area contributed by atoms with Gasteiger partial charge in [0.1, 0.15) is 5.60 Å². The zero-order valence-corrected chi connectivity index (χ0v) is 11.5. The molecule has 3 heteroatoms. The van der Waals surface area contributed by atoms with Crippen LogP contribution in [0, 0.1) is 16.7 Å². The molecule has 0 amide bonds. The summed E-state index contributed by atoms with van der Waals surface area (Å²) in [6.45, 7) is 9.07. The molecule has 0 aromatic heterocycles. The molecule has 17 heavy (non-hydrogen) atoms. The van der Waals surface area contributed by atoms with Gasteiger partial charge in [0.2, 0.25) is 0 Å². The molecule has 0 saturated carbocycles. The first-order valence-electron chi connectivity index (χ1n) is 6.07. The van der Waals surface area contributed by atoms with Crippen LogP contribution in [0.15, 0.2) is 12.2 Å². The number of allylic oxidation sites excluding steroid dienone is 1. The van der Waals surface area contributed by atoms with Gasteiger partial charge in [-0.1, -0.05) is 31.9 Å². The van der Waals surface area contributed by atoms with Crippen LogP contribution in [0.3, 0.4) is 0 Å². The minimum absolute atomic E-state index is 0.486. The average molecular weight is 237 g/mol. The summed E-state index contributed by atoms with van der Waals surface area (Å²) in [5, 5.41) is 9.11. The Hall–Kier alpha value is -1.30. The van der Waals surface area contributed by atoms with Crippen molar-refractivity contribution in [2.24, 2.45) is 5.41 Å². The van der Waals surface area contributed by atoms with Crippen LogP contribution >= 0.6 is 0 Å². The zero-order chi connectivity index (χ0) is 13.5. The van der Waals surface area contributed by atoms with E-state index < -0.39 is 17.0 Å². The molecule has 0 fully saturated rings. The highest BCUT2D eigenvalue weighted by atomic mass is 16.6. The molecule has 0 aliphatic carbocycles. The van der Waals surface area contributed by atoms with Crippen LogP contribution in [0.4, 0.5) is 0 Å². The molecule has 0 N–H and O–H groups in total. The number of unbranched alkanes of at least 4 members (excludes halogenated alkanes) is 2. The number of esters is 1. The molecule has 0 unspecified atom stereocenters. The number of carbonyl (C=O) groups excluding carboxylic acids is 1. The third-order valence-corrected chi connectivity index (χ3v) is 2.23. The number of ether oxygens (including phenoxy) is 1. The van der Waals surface area contributed by atoms with E-state index in [1.54, 1.807) is 33.8 Å². The number of carbonyl (C=O) groups is 1. The van der Waals surface area contributed by atoms with Crippen LogP contribution in [0.2, 0.25) is 0 Å². The minimum Gasteiger partial charge on any atom is -0.459 e. The lowest BCUT2D eigenvalue weighted by molar-refractivity contribution is -0.160. The Kier molecular flexibility index (Phi) is 5.95. The van der Waals surface area contributed by atoms with Crippen molar-refractivity contribution < 1.29 is 9.53 Å². The SMILES string of the molecule is CCCC/C=C/[C@](C)(C#N)C(=O)OC(C)(C)C. The van der Waals surface area contributed by atoms with Crippen molar-refractivity contribution in [2.75, 3.05) is 0 Å². The summed E-state index contributed by atoms with van der Waals surface area (Å²) in [4.78, 5) is 11.9. The fourth-order valence-electron chi connectivity index (χ4n) is 1.18. The lowest BCUT2D eigenvalue weighted by Crippen LogP contribution is -2.33. The summed E-state index contributed by atoms with van der Waals surface area (Å²) in [7, 11) is 0. The maximum Gasteiger partial charge on any atom is 0.330 e. The average Bonchev–Trinajstić information content (AvgIpc) is 2.21. The second kappa shape index (κ2) is 6.44. The van der Waals surface area contributed by atoms with Crippen LogP contribution in [-0.2, 0) is 9.53 Å². The topological polar surface area (TPSA) is 50.1 Å². The van der Waals surface area contributed by atoms with Crippen molar-refractivity contribution in [2.45, 2.75) is 59.5 Å². The molecule has 0 aromatic rings. The molecule has 0 aliphatic heterocycles. The highest BCUT2D eigenvalue weighted by Gasteiger charge is 2.34. The van der Waals surface area contributed by atoms with Crippen LogP contribution in [0.25, 0.3) is 0 Å². The fourth-order valence-corrected chi connectivity index (χ4v) is 1.18. The van der Waals surface area contributed by atoms with Gasteiger partial charge in [-0.15, -0.1) is 0 Å². The van der Waals surface area contributed by atoms with Crippen molar-refractivity contribution in [1.82, 2.24) is 0 Å². The molecule has 3 nitrogen and oxygen atoms in total. The van der Waals surface area contributed by atoms with E-state index in [1.165, 1.54) is 0 Å². The van der Waals surface area contributed by atoms with Crippen molar-refractivity contribution in [3.8, 4) is 6.07 Å². The summed E-state index contributed by atoms with van der Waals surface area (Å²) >= 11 is 0. The lowest BCUT2D eigenvalue weighted by atomic mass is 9.91. The smallest absolute Gasteiger partial charge is 0.330 e. The summed E-state index contributed by atoms with van der Waals surface area (Å²) in [5.74, 6) is -0.486. The van der Waals surface area contributed by atoms with Crippen molar-refractivity contribution in [3.05, 3.63) is 12.2 Å². The predicted octanol–water partition coefficient (Wildman–Crippen LogP) is 3.60. The standard InChI is InChI=1S/C14H23NO2/c1-6-7-8-9-10-14(5,11-15)12(16)17-13(2,3)4/h9-10H,6-8H2,1-5H3/b10-9+/t14-/m1/s1. The van der Waals surface area contributed by atoms with Crippen LogP contribution < -0.4 is 0 Å². The first-order chi connectivity index (χ1) is 7.75. The Balaban J connectivity index is 4.63. The van der Waals surface area contributed by atoms with Gasteiger partial charge in [0, 0.05) is 0 Å². The predicted molar refractivity (Wildman–Crippen MR) is 68.2 cm³/mol. The third-order valence-electron chi connectivity index (χ3n) is 2.23. The van der Waals surface area contributed by atoms with Crippen molar-refractivity contribution in [1.29, 1.82) is 5.26 Å². The maximum absolute atomic E-state index is 11.9. The molecule has 0 aromatic carbocycles. The number of nitriles is 1. The molecule has 96 valence electrons. The van der Waals surface area contributed by atoms with Gasteiger partial charge < -0.3 is 4.74 Å². The lowest BCUT2D eigenvalue weighted by Gasteiger charge is -2.24. The molecule has 0 aliphatic rings. The molecule has 0 rings (SSSR count). The largest absolute Gasteiger partial charge is 0.459 e. The van der Waals surface area contributed by atoms with E-state index in [0.717, 1.165) is 19.3 Å². The second-order valence-corrected chi connectivity index (χ2v) is 5.36. The molecule has 0 spiro atoms. The van der Waals surface area contributed by atoms with Gasteiger partial charge in [-0.25, -0.2) is 4.79 Å². The monoisotopic (exact) mass is 237 g/mol. The highest BCUT2D eigenvalue weighted by molar-refractivity contribution is 5.82. The van der Waals surface area contributed by atoms with E-state index in [0.29, 0.717) is 0 Å². The van der Waals surface area contributed by atoms with Gasteiger partial charge in [0.05, 0.1) is 6.07 Å². The summed E-state index contributed by atoms with van der Waals surface area (Å²) in [6.07, 6.45) is 6.58. The molecule has 0 saturated heterocycles. The number of hydrogen-bond donors (Lipinski definition) is 0. The Morgan fingerprint density at radius 3 is 2.35 bits per heavy atom. The van der Waals surface area contributed by atoms with Gasteiger partial charge >= 0.3 is 5.97 Å². The molecule has 1 atom stereocenters. The van der Waals surface area contributed by atoms with E-state index >= 15 is 0 Å². The van der Waals surface area contributed by atoms with Gasteiger partial charge in [-0.2, -0.15) is 5.26 Å². The number of nitrogens with zero attached hydrogens (tertiary/aromatic N) is 1. The normalized spacial score (nSPS) is 15.3. The van der Waals surface area contributed by atoms with E-state index in [1.807, 2.05) is 12.1 Å². The fraction of sp³-hybridized carbons (Fsp3) is 0.714. The van der Waals surface area contributed by atoms with Crippen LogP contribution in [0.1, 0.15) is 53.9 Å². The third kappa shape index (κ3) is 6.11. The Morgan fingerprint density at radius 2 is 1.94 bits per heavy atom. The first-order valence-corrected chi connectivity index (χ1v) is 6.07. The van der Waals surface area contributed by atoms with E-state index in [-0.39, 0.29) is 0 Å². The molecule has 0 heterocycles. The molecule has 0 bridgehead atoms. The Bertz CT molecular complexity index is 320.